The van der Waals surface area contributed by atoms with E-state index >= 15 is 0 Å². The number of halogens is 3. The molecular formula is C22H17Cl3N6O3S2. The molecule has 36 heavy (non-hydrogen) atoms. The first-order chi connectivity index (χ1) is 17.4. The molecule has 2 heterocycles. The number of rotatable bonds is 10. The molecular weight excluding hydrogens is 567 g/mol. The van der Waals surface area contributed by atoms with Crippen molar-refractivity contribution in [1.82, 2.24) is 25.1 Å². The fourth-order valence-electron chi connectivity index (χ4n) is 2.92. The minimum Gasteiger partial charge on any atom is -0.482 e. The molecule has 2 aromatic heterocycles. The summed E-state index contributed by atoms with van der Waals surface area (Å²) in [4.78, 5) is 28.7. The number of thiazole rings is 1. The van der Waals surface area contributed by atoms with Gasteiger partial charge < -0.3 is 15.4 Å². The smallest absolute Gasteiger partial charge is 0.258 e. The molecule has 4 aromatic rings. The van der Waals surface area contributed by atoms with Crippen LogP contribution in [0.2, 0.25) is 15.1 Å². The third-order valence-corrected chi connectivity index (χ3v) is 6.86. The number of hydrogen-bond acceptors (Lipinski definition) is 8. The highest BCUT2D eigenvalue weighted by Gasteiger charge is 2.17. The predicted molar refractivity (Wildman–Crippen MR) is 142 cm³/mol. The number of anilines is 1. The SMILES string of the molecule is O=C(COc1ccc(Cl)cc1Cl)NCc1nnc(SCC(=O)Nc2nccs2)n1-c1cccc(Cl)c1. The molecule has 0 radical (unpaired) electrons. The summed E-state index contributed by atoms with van der Waals surface area (Å²) in [7, 11) is 0. The van der Waals surface area contributed by atoms with E-state index in [4.69, 9.17) is 39.5 Å². The zero-order chi connectivity index (χ0) is 25.5. The molecule has 0 bridgehead atoms. The summed E-state index contributed by atoms with van der Waals surface area (Å²) in [5.41, 5.74) is 0.684. The van der Waals surface area contributed by atoms with Crippen LogP contribution in [0.1, 0.15) is 5.82 Å². The van der Waals surface area contributed by atoms with Gasteiger partial charge in [-0.2, -0.15) is 0 Å². The maximum atomic E-state index is 12.4. The number of nitrogens with zero attached hydrogens (tertiary/aromatic N) is 4. The molecule has 0 aliphatic rings. The number of carbonyl (C=O) groups excluding carboxylic acids is 2. The normalized spacial score (nSPS) is 10.8. The van der Waals surface area contributed by atoms with Crippen molar-refractivity contribution in [2.75, 3.05) is 17.7 Å². The Bertz CT molecular complexity index is 1370. The largest absolute Gasteiger partial charge is 0.482 e. The summed E-state index contributed by atoms with van der Waals surface area (Å²) in [6.45, 7) is -0.201. The molecule has 2 aromatic carbocycles. The molecule has 2 amide bonds. The highest BCUT2D eigenvalue weighted by molar-refractivity contribution is 7.99. The molecule has 0 aliphatic heterocycles. The van der Waals surface area contributed by atoms with E-state index in [-0.39, 0.29) is 24.8 Å². The second-order valence-electron chi connectivity index (χ2n) is 7.03. The average Bonchev–Trinajstić information content (AvgIpc) is 3.50. The Labute approximate surface area is 229 Å². The first-order valence-electron chi connectivity index (χ1n) is 10.3. The van der Waals surface area contributed by atoms with E-state index < -0.39 is 5.91 Å². The Morgan fingerprint density at radius 2 is 1.89 bits per heavy atom. The maximum absolute atomic E-state index is 12.4. The van der Waals surface area contributed by atoms with Crippen LogP contribution in [0.5, 0.6) is 5.75 Å². The van der Waals surface area contributed by atoms with E-state index in [1.807, 2.05) is 6.07 Å². The molecule has 4 rings (SSSR count). The van der Waals surface area contributed by atoms with Crippen LogP contribution in [0.4, 0.5) is 5.13 Å². The number of hydrogen-bond donors (Lipinski definition) is 2. The molecule has 9 nitrogen and oxygen atoms in total. The van der Waals surface area contributed by atoms with Crippen LogP contribution in [-0.2, 0) is 16.1 Å². The van der Waals surface area contributed by atoms with E-state index in [1.165, 1.54) is 29.2 Å². The first kappa shape index (κ1) is 26.2. The lowest BCUT2D eigenvalue weighted by atomic mass is 10.3. The predicted octanol–water partition coefficient (Wildman–Crippen LogP) is 5.11. The first-order valence-corrected chi connectivity index (χ1v) is 13.3. The summed E-state index contributed by atoms with van der Waals surface area (Å²) in [5.74, 6) is 0.244. The molecule has 0 saturated carbocycles. The Balaban J connectivity index is 1.42. The van der Waals surface area contributed by atoms with Crippen LogP contribution in [0.3, 0.4) is 0 Å². The maximum Gasteiger partial charge on any atom is 0.258 e. The minimum absolute atomic E-state index is 0.0575. The summed E-state index contributed by atoms with van der Waals surface area (Å²) in [5, 5.41) is 17.9. The number of nitrogens with one attached hydrogen (secondary N) is 2. The van der Waals surface area contributed by atoms with Crippen LogP contribution >= 0.6 is 57.9 Å². The second-order valence-corrected chi connectivity index (χ2v) is 10.1. The van der Waals surface area contributed by atoms with Gasteiger partial charge in [-0.25, -0.2) is 4.98 Å². The van der Waals surface area contributed by atoms with Gasteiger partial charge in [-0.15, -0.1) is 21.5 Å². The number of thioether (sulfide) groups is 1. The Morgan fingerprint density at radius 3 is 2.64 bits per heavy atom. The van der Waals surface area contributed by atoms with Crippen LogP contribution < -0.4 is 15.4 Å². The lowest BCUT2D eigenvalue weighted by Crippen LogP contribution is -2.29. The van der Waals surface area contributed by atoms with E-state index in [0.717, 1.165) is 0 Å². The van der Waals surface area contributed by atoms with Crippen molar-refractivity contribution in [1.29, 1.82) is 0 Å². The van der Waals surface area contributed by atoms with Gasteiger partial charge in [0.25, 0.3) is 5.91 Å². The van der Waals surface area contributed by atoms with Gasteiger partial charge in [0.15, 0.2) is 22.7 Å². The summed E-state index contributed by atoms with van der Waals surface area (Å²) < 4.78 is 7.20. The van der Waals surface area contributed by atoms with Crippen molar-refractivity contribution in [3.8, 4) is 11.4 Å². The zero-order valence-electron chi connectivity index (χ0n) is 18.3. The topological polar surface area (TPSA) is 111 Å². The molecule has 0 unspecified atom stereocenters. The molecule has 0 atom stereocenters. The highest BCUT2D eigenvalue weighted by Crippen LogP contribution is 2.27. The third kappa shape index (κ3) is 7.11. The fourth-order valence-corrected chi connectivity index (χ4v) is 4.88. The standard InChI is InChI=1S/C22H17Cl3N6O3S2/c23-13-2-1-3-15(8-13)31-18(10-27-19(32)11-34-17-5-4-14(24)9-16(17)25)29-30-22(31)36-12-20(33)28-21-26-6-7-35-21/h1-9H,10-12H2,(H,27,32)(H,26,28,33). The number of amides is 2. The van der Waals surface area contributed by atoms with Crippen molar-refractivity contribution in [3.05, 3.63) is 74.9 Å². The van der Waals surface area contributed by atoms with Gasteiger partial charge in [0, 0.05) is 21.6 Å². The van der Waals surface area contributed by atoms with Gasteiger partial charge in [0.1, 0.15) is 5.75 Å². The Hall–Kier alpha value is -2.83. The van der Waals surface area contributed by atoms with Gasteiger partial charge in [-0.05, 0) is 36.4 Å². The Morgan fingerprint density at radius 1 is 1.06 bits per heavy atom. The van der Waals surface area contributed by atoms with Crippen molar-refractivity contribution in [2.45, 2.75) is 11.7 Å². The van der Waals surface area contributed by atoms with Crippen LogP contribution in [0.15, 0.2) is 59.2 Å². The zero-order valence-corrected chi connectivity index (χ0v) is 22.2. The third-order valence-electron chi connectivity index (χ3n) is 4.47. The summed E-state index contributed by atoms with van der Waals surface area (Å²) in [6, 6.07) is 11.8. The van der Waals surface area contributed by atoms with E-state index in [9.17, 15) is 9.59 Å². The van der Waals surface area contributed by atoms with Gasteiger partial charge in [-0.1, -0.05) is 52.6 Å². The second kappa shape index (κ2) is 12.4. The van der Waals surface area contributed by atoms with Crippen LogP contribution in [0, 0.1) is 0 Å². The number of ether oxygens (including phenoxy) is 1. The molecule has 0 aliphatic carbocycles. The van der Waals surface area contributed by atoms with Crippen molar-refractivity contribution < 1.29 is 14.3 Å². The van der Waals surface area contributed by atoms with E-state index in [2.05, 4.69) is 25.8 Å². The van der Waals surface area contributed by atoms with Crippen molar-refractivity contribution >= 4 is 74.8 Å². The van der Waals surface area contributed by atoms with Gasteiger partial charge in [0.05, 0.1) is 23.0 Å². The van der Waals surface area contributed by atoms with Crippen LogP contribution in [0.25, 0.3) is 5.69 Å². The molecule has 186 valence electrons. The number of benzene rings is 2. The average molecular weight is 584 g/mol. The molecule has 0 saturated heterocycles. The summed E-state index contributed by atoms with van der Waals surface area (Å²) in [6.07, 6.45) is 1.61. The number of carbonyl (C=O) groups is 2. The van der Waals surface area contributed by atoms with Gasteiger partial charge in [0.2, 0.25) is 5.91 Å². The molecule has 14 heteroatoms. The highest BCUT2D eigenvalue weighted by atomic mass is 35.5. The van der Waals surface area contributed by atoms with Gasteiger partial charge >= 0.3 is 0 Å². The summed E-state index contributed by atoms with van der Waals surface area (Å²) >= 11 is 20.7. The van der Waals surface area contributed by atoms with Crippen molar-refractivity contribution in [2.24, 2.45) is 0 Å². The van der Waals surface area contributed by atoms with E-state index in [1.54, 1.807) is 46.5 Å². The fraction of sp³-hybridized carbons (Fsp3) is 0.136. The van der Waals surface area contributed by atoms with Crippen molar-refractivity contribution in [3.63, 3.8) is 0 Å². The quantitative estimate of drug-likeness (QED) is 0.250. The van der Waals surface area contributed by atoms with E-state index in [0.29, 0.717) is 42.6 Å². The lowest BCUT2D eigenvalue weighted by Gasteiger charge is -2.12. The molecule has 0 spiro atoms. The molecule has 0 fully saturated rings. The Kier molecular flexibility index (Phi) is 9.05. The van der Waals surface area contributed by atoms with Gasteiger partial charge in [-0.3, -0.25) is 14.2 Å². The van der Waals surface area contributed by atoms with Crippen LogP contribution in [-0.4, -0.2) is 43.9 Å². The minimum atomic E-state index is -0.390. The number of aromatic nitrogens is 4. The lowest BCUT2D eigenvalue weighted by molar-refractivity contribution is -0.123. The molecule has 2 N–H and O–H groups in total. The monoisotopic (exact) mass is 582 g/mol.